The van der Waals surface area contributed by atoms with Gasteiger partial charge in [0.05, 0.1) is 29.3 Å². The van der Waals surface area contributed by atoms with Crippen LogP contribution < -0.4 is 10.6 Å². The van der Waals surface area contributed by atoms with E-state index in [0.29, 0.717) is 36.2 Å². The Bertz CT molecular complexity index is 458. The Morgan fingerprint density at radius 3 is 2.86 bits per heavy atom. The second-order valence-electron chi connectivity index (χ2n) is 4.45. The summed E-state index contributed by atoms with van der Waals surface area (Å²) < 4.78 is 5.09. The van der Waals surface area contributed by atoms with Crippen LogP contribution in [0.1, 0.15) is 24.9 Å². The summed E-state index contributed by atoms with van der Waals surface area (Å²) in [6.45, 7) is 3.15. The summed E-state index contributed by atoms with van der Waals surface area (Å²) in [6.07, 6.45) is 0.680. The van der Waals surface area contributed by atoms with Crippen LogP contribution in [-0.4, -0.2) is 37.5 Å². The molecule has 0 saturated heterocycles. The number of carbonyl (C=O) groups is 1. The molecule has 0 aromatic heterocycles. The smallest absolute Gasteiger partial charge is 0.315 e. The Morgan fingerprint density at radius 2 is 2.14 bits per heavy atom. The summed E-state index contributed by atoms with van der Waals surface area (Å²) in [7, 11) is 0. The van der Waals surface area contributed by atoms with E-state index >= 15 is 0 Å². The molecule has 0 aliphatic heterocycles. The highest BCUT2D eigenvalue weighted by Crippen LogP contribution is 2.29. The topological polar surface area (TPSA) is 70.6 Å². The van der Waals surface area contributed by atoms with Crippen molar-refractivity contribution in [1.29, 1.82) is 0 Å². The van der Waals surface area contributed by atoms with E-state index in [1.807, 2.05) is 13.0 Å². The molecule has 0 fully saturated rings. The Kier molecular flexibility index (Phi) is 8.45. The van der Waals surface area contributed by atoms with E-state index in [0.717, 1.165) is 5.56 Å². The van der Waals surface area contributed by atoms with Crippen LogP contribution in [0, 0.1) is 0 Å². The molecule has 1 rings (SSSR count). The number of hydrogen-bond donors (Lipinski definition) is 3. The first-order valence-electron chi connectivity index (χ1n) is 6.73. The normalized spacial score (nSPS) is 12.0. The lowest BCUT2D eigenvalue weighted by molar-refractivity contribution is 0.0909. The van der Waals surface area contributed by atoms with Crippen molar-refractivity contribution in [3.05, 3.63) is 33.8 Å². The van der Waals surface area contributed by atoms with Crippen LogP contribution in [0.3, 0.4) is 0 Å². The van der Waals surface area contributed by atoms with E-state index in [1.54, 1.807) is 12.1 Å². The van der Waals surface area contributed by atoms with Gasteiger partial charge in [-0.05, 0) is 25.0 Å². The molecule has 21 heavy (non-hydrogen) atoms. The molecule has 0 bridgehead atoms. The molecule has 118 valence electrons. The molecule has 0 aliphatic rings. The standard InChI is InChI=1S/C14H20Cl2N2O3/c1-10(11-4-2-5-12(15)13(11)16)18-14(20)17-6-3-8-21-9-7-19/h2,4-5,10,19H,3,6-9H2,1H3,(H2,17,18,20). The molecule has 0 heterocycles. The number of ether oxygens (including phenoxy) is 1. The van der Waals surface area contributed by atoms with E-state index < -0.39 is 0 Å². The fraction of sp³-hybridized carbons (Fsp3) is 0.500. The molecule has 0 spiro atoms. The molecule has 1 atom stereocenters. The van der Waals surface area contributed by atoms with Crippen molar-refractivity contribution in [2.45, 2.75) is 19.4 Å². The van der Waals surface area contributed by atoms with Crippen LogP contribution in [0.4, 0.5) is 4.79 Å². The zero-order valence-electron chi connectivity index (χ0n) is 11.9. The number of benzene rings is 1. The number of amides is 2. The Morgan fingerprint density at radius 1 is 1.38 bits per heavy atom. The van der Waals surface area contributed by atoms with Crippen LogP contribution in [-0.2, 0) is 4.74 Å². The second-order valence-corrected chi connectivity index (χ2v) is 5.24. The minimum atomic E-state index is -0.277. The molecule has 7 heteroatoms. The average molecular weight is 335 g/mol. The van der Waals surface area contributed by atoms with Gasteiger partial charge in [-0.1, -0.05) is 35.3 Å². The summed E-state index contributed by atoms with van der Waals surface area (Å²) in [5.74, 6) is 0. The maximum Gasteiger partial charge on any atom is 0.315 e. The predicted octanol–water partition coefficient (Wildman–Crippen LogP) is 2.75. The van der Waals surface area contributed by atoms with Crippen molar-refractivity contribution in [2.24, 2.45) is 0 Å². The van der Waals surface area contributed by atoms with Gasteiger partial charge >= 0.3 is 6.03 Å². The number of aliphatic hydroxyl groups is 1. The summed E-state index contributed by atoms with van der Waals surface area (Å²) in [6, 6.07) is 4.79. The maximum absolute atomic E-state index is 11.7. The van der Waals surface area contributed by atoms with Gasteiger partial charge in [-0.25, -0.2) is 4.79 Å². The molecule has 0 saturated carbocycles. The fourth-order valence-corrected chi connectivity index (χ4v) is 2.19. The third-order valence-corrected chi connectivity index (χ3v) is 3.62. The number of hydrogen-bond acceptors (Lipinski definition) is 3. The number of urea groups is 1. The molecule has 1 aromatic rings. The van der Waals surface area contributed by atoms with Crippen LogP contribution in [0.25, 0.3) is 0 Å². The first-order valence-corrected chi connectivity index (χ1v) is 7.48. The lowest BCUT2D eigenvalue weighted by Crippen LogP contribution is -2.37. The van der Waals surface area contributed by atoms with E-state index in [9.17, 15) is 4.79 Å². The third-order valence-electron chi connectivity index (χ3n) is 2.78. The number of rotatable bonds is 8. The SMILES string of the molecule is CC(NC(=O)NCCCOCCO)c1cccc(Cl)c1Cl. The quantitative estimate of drug-likeness (QED) is 0.640. The highest BCUT2D eigenvalue weighted by Gasteiger charge is 2.13. The predicted molar refractivity (Wildman–Crippen MR) is 83.9 cm³/mol. The average Bonchev–Trinajstić information content (AvgIpc) is 2.45. The lowest BCUT2D eigenvalue weighted by Gasteiger charge is -2.17. The Hall–Kier alpha value is -1.01. The van der Waals surface area contributed by atoms with Crippen LogP contribution in [0.15, 0.2) is 18.2 Å². The number of aliphatic hydroxyl groups excluding tert-OH is 1. The van der Waals surface area contributed by atoms with Crippen molar-refractivity contribution in [2.75, 3.05) is 26.4 Å². The first-order chi connectivity index (χ1) is 10.1. The van der Waals surface area contributed by atoms with Gasteiger partial charge in [-0.2, -0.15) is 0 Å². The minimum Gasteiger partial charge on any atom is -0.394 e. The van der Waals surface area contributed by atoms with Gasteiger partial charge in [0.15, 0.2) is 0 Å². The molecule has 2 amide bonds. The fourth-order valence-electron chi connectivity index (χ4n) is 1.72. The van der Waals surface area contributed by atoms with Gasteiger partial charge in [0.1, 0.15) is 0 Å². The van der Waals surface area contributed by atoms with Gasteiger partial charge in [-0.3, -0.25) is 0 Å². The first kappa shape index (κ1) is 18.0. The van der Waals surface area contributed by atoms with E-state index in [-0.39, 0.29) is 18.7 Å². The monoisotopic (exact) mass is 334 g/mol. The Balaban J connectivity index is 2.32. The van der Waals surface area contributed by atoms with Crippen molar-refractivity contribution in [1.82, 2.24) is 10.6 Å². The van der Waals surface area contributed by atoms with E-state index in [4.69, 9.17) is 33.0 Å². The van der Waals surface area contributed by atoms with Gasteiger partial charge < -0.3 is 20.5 Å². The van der Waals surface area contributed by atoms with Gasteiger partial charge in [0, 0.05) is 13.2 Å². The summed E-state index contributed by atoms with van der Waals surface area (Å²) in [5, 5.41) is 15.0. The van der Waals surface area contributed by atoms with Gasteiger partial charge in [0.25, 0.3) is 0 Å². The zero-order valence-corrected chi connectivity index (χ0v) is 13.4. The number of carbonyl (C=O) groups excluding carboxylic acids is 1. The van der Waals surface area contributed by atoms with E-state index in [2.05, 4.69) is 10.6 Å². The number of nitrogens with one attached hydrogen (secondary N) is 2. The molecule has 5 nitrogen and oxygen atoms in total. The lowest BCUT2D eigenvalue weighted by atomic mass is 10.1. The molecular weight excluding hydrogens is 315 g/mol. The van der Waals surface area contributed by atoms with Crippen LogP contribution in [0.2, 0.25) is 10.0 Å². The zero-order chi connectivity index (χ0) is 15.7. The number of halogens is 2. The molecule has 1 aromatic carbocycles. The summed E-state index contributed by atoms with van der Waals surface area (Å²) in [4.78, 5) is 11.7. The summed E-state index contributed by atoms with van der Waals surface area (Å²) >= 11 is 12.1. The van der Waals surface area contributed by atoms with Crippen LogP contribution in [0.5, 0.6) is 0 Å². The van der Waals surface area contributed by atoms with Crippen molar-refractivity contribution in [3.8, 4) is 0 Å². The third kappa shape index (κ3) is 6.52. The van der Waals surface area contributed by atoms with Gasteiger partial charge in [0.2, 0.25) is 0 Å². The molecule has 1 unspecified atom stereocenters. The Labute approximate surface area is 134 Å². The highest BCUT2D eigenvalue weighted by atomic mass is 35.5. The summed E-state index contributed by atoms with van der Waals surface area (Å²) in [5.41, 5.74) is 0.769. The molecule has 0 aliphatic carbocycles. The molecule has 3 N–H and O–H groups in total. The largest absolute Gasteiger partial charge is 0.394 e. The minimum absolute atomic E-state index is 0.00578. The highest BCUT2D eigenvalue weighted by molar-refractivity contribution is 6.42. The maximum atomic E-state index is 11.7. The van der Waals surface area contributed by atoms with Crippen molar-refractivity contribution in [3.63, 3.8) is 0 Å². The van der Waals surface area contributed by atoms with Crippen molar-refractivity contribution >= 4 is 29.2 Å². The van der Waals surface area contributed by atoms with Gasteiger partial charge in [-0.15, -0.1) is 0 Å². The van der Waals surface area contributed by atoms with E-state index in [1.165, 1.54) is 0 Å². The van der Waals surface area contributed by atoms with Crippen molar-refractivity contribution < 1.29 is 14.6 Å². The molecule has 0 radical (unpaired) electrons. The second kappa shape index (κ2) is 9.84. The van der Waals surface area contributed by atoms with Crippen LogP contribution >= 0.6 is 23.2 Å². The molecular formula is C14H20Cl2N2O3.